The van der Waals surface area contributed by atoms with Crippen LogP contribution >= 0.6 is 23.2 Å². The predicted molar refractivity (Wildman–Crippen MR) is 111 cm³/mol. The Morgan fingerprint density at radius 3 is 2.30 bits per heavy atom. The Labute approximate surface area is 181 Å². The molecule has 0 amide bonds. The van der Waals surface area contributed by atoms with Gasteiger partial charge in [0.25, 0.3) is 0 Å². The SMILES string of the molecule is N#Cc1cc(C2=NCC(c3cc(Cl)cc(Cl)c3)(C(F)(F)F)C2)ccc1-n1cccc1. The Morgan fingerprint density at radius 1 is 1.03 bits per heavy atom. The van der Waals surface area contributed by atoms with Crippen LogP contribution < -0.4 is 0 Å². The molecule has 8 heteroatoms. The van der Waals surface area contributed by atoms with Crippen molar-refractivity contribution in [2.75, 3.05) is 6.54 Å². The van der Waals surface area contributed by atoms with E-state index in [0.717, 1.165) is 0 Å². The average molecular weight is 448 g/mol. The summed E-state index contributed by atoms with van der Waals surface area (Å²) in [6, 6.07) is 14.7. The minimum Gasteiger partial charge on any atom is -0.323 e. The molecule has 0 radical (unpaired) electrons. The molecule has 30 heavy (non-hydrogen) atoms. The Morgan fingerprint density at radius 2 is 1.70 bits per heavy atom. The summed E-state index contributed by atoms with van der Waals surface area (Å²) in [6.45, 7) is -0.469. The molecular weight excluding hydrogens is 434 g/mol. The lowest BCUT2D eigenvalue weighted by atomic mass is 9.76. The summed E-state index contributed by atoms with van der Waals surface area (Å²) in [5.41, 5.74) is -0.463. The van der Waals surface area contributed by atoms with Gasteiger partial charge in [0, 0.05) is 34.6 Å². The minimum absolute atomic E-state index is 0.0179. The number of hydrogen-bond acceptors (Lipinski definition) is 2. The number of halogens is 5. The van der Waals surface area contributed by atoms with E-state index in [1.165, 1.54) is 18.2 Å². The molecule has 0 aliphatic carbocycles. The normalized spacial score (nSPS) is 18.9. The van der Waals surface area contributed by atoms with E-state index in [1.807, 2.05) is 12.1 Å². The molecule has 1 aliphatic heterocycles. The van der Waals surface area contributed by atoms with E-state index in [4.69, 9.17) is 23.2 Å². The first-order chi connectivity index (χ1) is 14.2. The van der Waals surface area contributed by atoms with Crippen molar-refractivity contribution in [3.8, 4) is 11.8 Å². The number of alkyl halides is 3. The van der Waals surface area contributed by atoms with E-state index in [9.17, 15) is 18.4 Å². The van der Waals surface area contributed by atoms with Gasteiger partial charge in [-0.2, -0.15) is 18.4 Å². The van der Waals surface area contributed by atoms with Crippen molar-refractivity contribution in [3.63, 3.8) is 0 Å². The van der Waals surface area contributed by atoms with Gasteiger partial charge in [-0.15, -0.1) is 0 Å². The molecule has 1 aliphatic rings. The van der Waals surface area contributed by atoms with Crippen LogP contribution in [0, 0.1) is 11.3 Å². The summed E-state index contributed by atoms with van der Waals surface area (Å²) >= 11 is 11.9. The van der Waals surface area contributed by atoms with Crippen molar-refractivity contribution in [1.29, 1.82) is 5.26 Å². The average Bonchev–Trinajstić information content (AvgIpc) is 3.37. The first kappa shape index (κ1) is 20.5. The highest BCUT2D eigenvalue weighted by Gasteiger charge is 2.58. The fraction of sp³-hybridized carbons (Fsp3) is 0.182. The molecule has 0 saturated heterocycles. The number of rotatable bonds is 3. The maximum atomic E-state index is 14.2. The molecule has 1 unspecified atom stereocenters. The number of nitrogens with zero attached hydrogens (tertiary/aromatic N) is 3. The van der Waals surface area contributed by atoms with Crippen molar-refractivity contribution in [1.82, 2.24) is 4.57 Å². The first-order valence-electron chi connectivity index (χ1n) is 8.98. The van der Waals surface area contributed by atoms with Crippen molar-refractivity contribution < 1.29 is 13.2 Å². The van der Waals surface area contributed by atoms with E-state index in [2.05, 4.69) is 11.1 Å². The van der Waals surface area contributed by atoms with Crippen molar-refractivity contribution in [3.05, 3.63) is 87.7 Å². The minimum atomic E-state index is -4.56. The molecule has 3 nitrogen and oxygen atoms in total. The second kappa shape index (κ2) is 7.50. The molecule has 0 bridgehead atoms. The van der Waals surface area contributed by atoms with Gasteiger partial charge in [0.1, 0.15) is 11.5 Å². The van der Waals surface area contributed by atoms with E-state index in [-0.39, 0.29) is 22.0 Å². The number of aliphatic imine (C=N–C) groups is 1. The van der Waals surface area contributed by atoms with Crippen LogP contribution in [-0.4, -0.2) is 23.0 Å². The van der Waals surface area contributed by atoms with E-state index < -0.39 is 18.1 Å². The van der Waals surface area contributed by atoms with Crippen LogP contribution in [0.2, 0.25) is 10.0 Å². The largest absolute Gasteiger partial charge is 0.400 e. The maximum absolute atomic E-state index is 14.2. The molecule has 152 valence electrons. The molecule has 4 rings (SSSR count). The third-order valence-electron chi connectivity index (χ3n) is 5.30. The number of benzene rings is 2. The lowest BCUT2D eigenvalue weighted by Crippen LogP contribution is -2.43. The van der Waals surface area contributed by atoms with Crippen LogP contribution in [0.25, 0.3) is 5.69 Å². The smallest absolute Gasteiger partial charge is 0.323 e. The van der Waals surface area contributed by atoms with Crippen LogP contribution in [0.1, 0.15) is 23.1 Å². The zero-order valence-corrected chi connectivity index (χ0v) is 16.9. The Bertz CT molecular complexity index is 1160. The Hall–Kier alpha value is -2.75. The van der Waals surface area contributed by atoms with Gasteiger partial charge in [-0.1, -0.05) is 29.3 Å². The molecule has 0 saturated carbocycles. The second-order valence-electron chi connectivity index (χ2n) is 7.11. The summed E-state index contributed by atoms with van der Waals surface area (Å²) in [4.78, 5) is 4.22. The highest BCUT2D eigenvalue weighted by molar-refractivity contribution is 6.34. The van der Waals surface area contributed by atoms with Crippen LogP contribution in [0.15, 0.2) is 65.9 Å². The van der Waals surface area contributed by atoms with Crippen molar-refractivity contribution in [2.24, 2.45) is 4.99 Å². The molecule has 0 spiro atoms. The van der Waals surface area contributed by atoms with Crippen molar-refractivity contribution in [2.45, 2.75) is 18.0 Å². The third kappa shape index (κ3) is 3.49. The molecule has 0 fully saturated rings. The molecule has 3 aromatic rings. The third-order valence-corrected chi connectivity index (χ3v) is 5.74. The van der Waals surface area contributed by atoms with E-state index >= 15 is 0 Å². The summed E-state index contributed by atoms with van der Waals surface area (Å²) in [7, 11) is 0. The number of aromatic nitrogens is 1. The van der Waals surface area contributed by atoms with Gasteiger partial charge < -0.3 is 4.57 Å². The first-order valence-corrected chi connectivity index (χ1v) is 9.74. The molecule has 2 aromatic carbocycles. The van der Waals surface area contributed by atoms with Gasteiger partial charge in [0.05, 0.1) is 17.8 Å². The zero-order chi connectivity index (χ0) is 21.5. The van der Waals surface area contributed by atoms with Crippen LogP contribution in [0.3, 0.4) is 0 Å². The van der Waals surface area contributed by atoms with Crippen LogP contribution in [0.5, 0.6) is 0 Å². The summed E-state index contributed by atoms with van der Waals surface area (Å²) < 4.78 is 44.5. The maximum Gasteiger partial charge on any atom is 0.400 e. The number of nitriles is 1. The quantitative estimate of drug-likeness (QED) is 0.461. The lowest BCUT2D eigenvalue weighted by Gasteiger charge is -2.31. The summed E-state index contributed by atoms with van der Waals surface area (Å²) in [6.07, 6.45) is -1.34. The van der Waals surface area contributed by atoms with Gasteiger partial charge in [-0.3, -0.25) is 4.99 Å². The van der Waals surface area contributed by atoms with Gasteiger partial charge in [-0.05, 0) is 53.6 Å². The fourth-order valence-electron chi connectivity index (χ4n) is 3.72. The van der Waals surface area contributed by atoms with Gasteiger partial charge in [-0.25, -0.2) is 0 Å². The van der Waals surface area contributed by atoms with E-state index in [0.29, 0.717) is 22.5 Å². The van der Waals surface area contributed by atoms with Gasteiger partial charge >= 0.3 is 6.18 Å². The molecule has 2 heterocycles. The number of hydrogen-bond donors (Lipinski definition) is 0. The molecule has 0 N–H and O–H groups in total. The fourth-order valence-corrected chi connectivity index (χ4v) is 4.25. The zero-order valence-electron chi connectivity index (χ0n) is 15.4. The lowest BCUT2D eigenvalue weighted by molar-refractivity contribution is -0.183. The van der Waals surface area contributed by atoms with Crippen LogP contribution in [-0.2, 0) is 5.41 Å². The molecular formula is C22H14Cl2F3N3. The molecule has 1 aromatic heterocycles. The highest BCUT2D eigenvalue weighted by atomic mass is 35.5. The standard InChI is InChI=1S/C22H14Cl2F3N3/c23-17-8-16(9-18(24)10-17)21(22(25,26)27)11-19(29-13-21)14-3-4-20(15(7-14)12-28)30-5-1-2-6-30/h1-10H,11,13H2. The summed E-state index contributed by atoms with van der Waals surface area (Å²) in [5, 5.41) is 9.82. The summed E-state index contributed by atoms with van der Waals surface area (Å²) in [5.74, 6) is 0. The predicted octanol–water partition coefficient (Wildman–Crippen LogP) is 6.35. The van der Waals surface area contributed by atoms with Gasteiger partial charge in [0.15, 0.2) is 0 Å². The van der Waals surface area contributed by atoms with E-state index in [1.54, 1.807) is 35.2 Å². The van der Waals surface area contributed by atoms with Crippen LogP contribution in [0.4, 0.5) is 13.2 Å². The van der Waals surface area contributed by atoms with Crippen molar-refractivity contribution >= 4 is 28.9 Å². The Kier molecular flexibility index (Phi) is 5.13. The second-order valence-corrected chi connectivity index (χ2v) is 7.98. The van der Waals surface area contributed by atoms with Gasteiger partial charge in [0.2, 0.25) is 0 Å². The topological polar surface area (TPSA) is 41.1 Å². The molecule has 1 atom stereocenters. The highest BCUT2D eigenvalue weighted by Crippen LogP contribution is 2.48. The monoisotopic (exact) mass is 447 g/mol. The Balaban J connectivity index is 1.74.